The van der Waals surface area contributed by atoms with E-state index in [9.17, 15) is 9.59 Å². The molecule has 0 aromatic heterocycles. The van der Waals surface area contributed by atoms with Crippen molar-refractivity contribution in [1.29, 1.82) is 0 Å². The van der Waals surface area contributed by atoms with Gasteiger partial charge in [-0.2, -0.15) is 0 Å². The van der Waals surface area contributed by atoms with Crippen molar-refractivity contribution in [1.82, 2.24) is 5.32 Å². The Balaban J connectivity index is 1.33. The third kappa shape index (κ3) is 3.91. The summed E-state index contributed by atoms with van der Waals surface area (Å²) in [4.78, 5) is 25.4. The maximum atomic E-state index is 13.0. The van der Waals surface area contributed by atoms with Crippen LogP contribution < -0.4 is 14.8 Å². The van der Waals surface area contributed by atoms with Crippen LogP contribution in [0, 0.1) is 0 Å². The molecular formula is C26H23NO5. The van der Waals surface area contributed by atoms with Gasteiger partial charge in [0, 0.05) is 12.0 Å². The summed E-state index contributed by atoms with van der Waals surface area (Å²) in [6, 6.07) is 20.2. The number of carbonyl (C=O) groups excluding carboxylic acids is 2. The van der Waals surface area contributed by atoms with Crippen molar-refractivity contribution >= 4 is 11.9 Å². The highest BCUT2D eigenvalue weighted by atomic mass is 16.6. The topological polar surface area (TPSA) is 73.9 Å². The van der Waals surface area contributed by atoms with Gasteiger partial charge in [-0.3, -0.25) is 4.79 Å². The molecule has 0 aliphatic carbocycles. The van der Waals surface area contributed by atoms with E-state index in [1.54, 1.807) is 18.2 Å². The van der Waals surface area contributed by atoms with Gasteiger partial charge in [-0.1, -0.05) is 36.4 Å². The molecule has 2 aliphatic heterocycles. The summed E-state index contributed by atoms with van der Waals surface area (Å²) in [6.45, 7) is 2.97. The number of hydrogen-bond donors (Lipinski definition) is 1. The van der Waals surface area contributed by atoms with Gasteiger partial charge in [0.2, 0.25) is 0 Å². The second kappa shape index (κ2) is 8.38. The number of amides is 1. The Hall–Kier alpha value is -3.80. The van der Waals surface area contributed by atoms with Gasteiger partial charge in [-0.25, -0.2) is 4.79 Å². The van der Waals surface area contributed by atoms with Crippen LogP contribution in [-0.4, -0.2) is 25.1 Å². The van der Waals surface area contributed by atoms with E-state index in [1.165, 1.54) is 0 Å². The summed E-state index contributed by atoms with van der Waals surface area (Å²) in [5.74, 6) is 0.837. The summed E-state index contributed by atoms with van der Waals surface area (Å²) >= 11 is 0. The van der Waals surface area contributed by atoms with E-state index in [4.69, 9.17) is 14.2 Å². The molecule has 0 saturated carbocycles. The Morgan fingerprint density at radius 2 is 1.75 bits per heavy atom. The second-order valence-corrected chi connectivity index (χ2v) is 7.98. The van der Waals surface area contributed by atoms with Crippen LogP contribution in [0.25, 0.3) is 0 Å². The molecule has 2 aliphatic rings. The molecule has 3 aromatic carbocycles. The Morgan fingerprint density at radius 1 is 0.969 bits per heavy atom. The lowest BCUT2D eigenvalue weighted by Crippen LogP contribution is -2.28. The van der Waals surface area contributed by atoms with Crippen molar-refractivity contribution < 1.29 is 23.8 Å². The standard InChI is InChI=1S/C26H23NO5/c1-16(18-8-10-22-24(14-18)31-12-11-30-22)27-25(28)19-7-9-21-20(13-19)15-23(32-26(21)29)17-5-3-2-4-6-17/h2-10,13-14,16,23H,11-12,15H2,1H3,(H,27,28)/t16-,23-/m0/s1. The SMILES string of the molecule is C[C@H](NC(=O)c1ccc2c(c1)C[C@@H](c1ccccc1)OC2=O)c1ccc2c(c1)OCCO2. The lowest BCUT2D eigenvalue weighted by atomic mass is 9.93. The number of cyclic esters (lactones) is 1. The number of esters is 1. The van der Waals surface area contributed by atoms with Gasteiger partial charge in [0.25, 0.3) is 5.91 Å². The molecule has 2 heterocycles. The zero-order valence-corrected chi connectivity index (χ0v) is 17.7. The lowest BCUT2D eigenvalue weighted by Gasteiger charge is -2.25. The zero-order valence-electron chi connectivity index (χ0n) is 17.7. The first-order valence-corrected chi connectivity index (χ1v) is 10.7. The minimum atomic E-state index is -0.364. The van der Waals surface area contributed by atoms with Crippen LogP contribution in [0.3, 0.4) is 0 Å². The number of hydrogen-bond acceptors (Lipinski definition) is 5. The monoisotopic (exact) mass is 429 g/mol. The molecule has 6 heteroatoms. The highest BCUT2D eigenvalue weighted by molar-refractivity contribution is 5.98. The number of ether oxygens (including phenoxy) is 3. The average molecular weight is 429 g/mol. The van der Waals surface area contributed by atoms with Crippen molar-refractivity contribution in [2.24, 2.45) is 0 Å². The summed E-state index contributed by atoms with van der Waals surface area (Å²) in [5.41, 5.74) is 3.69. The van der Waals surface area contributed by atoms with Crippen LogP contribution in [0.4, 0.5) is 0 Å². The Labute approximate surface area is 186 Å². The zero-order chi connectivity index (χ0) is 22.1. The second-order valence-electron chi connectivity index (χ2n) is 7.98. The minimum absolute atomic E-state index is 0.203. The summed E-state index contributed by atoms with van der Waals surface area (Å²) < 4.78 is 16.8. The number of carbonyl (C=O) groups is 2. The largest absolute Gasteiger partial charge is 0.486 e. The molecule has 162 valence electrons. The minimum Gasteiger partial charge on any atom is -0.486 e. The Morgan fingerprint density at radius 3 is 2.56 bits per heavy atom. The fourth-order valence-electron chi connectivity index (χ4n) is 4.08. The molecule has 1 N–H and O–H groups in total. The summed E-state index contributed by atoms with van der Waals surface area (Å²) in [6.07, 6.45) is 0.176. The third-order valence-corrected chi connectivity index (χ3v) is 5.83. The Bertz CT molecular complexity index is 1170. The van der Waals surface area contributed by atoms with E-state index < -0.39 is 0 Å². The normalized spacial score (nSPS) is 17.7. The fraction of sp³-hybridized carbons (Fsp3) is 0.231. The fourth-order valence-corrected chi connectivity index (χ4v) is 4.08. The number of fused-ring (bicyclic) bond motifs is 2. The quantitative estimate of drug-likeness (QED) is 0.622. The molecule has 0 spiro atoms. The highest BCUT2D eigenvalue weighted by Crippen LogP contribution is 2.33. The molecule has 3 aromatic rings. The van der Waals surface area contributed by atoms with Gasteiger partial charge in [0.15, 0.2) is 11.5 Å². The molecule has 6 nitrogen and oxygen atoms in total. The number of rotatable bonds is 4. The van der Waals surface area contributed by atoms with Crippen molar-refractivity contribution in [2.75, 3.05) is 13.2 Å². The van der Waals surface area contributed by atoms with Gasteiger partial charge < -0.3 is 19.5 Å². The molecule has 0 saturated heterocycles. The molecule has 32 heavy (non-hydrogen) atoms. The molecular weight excluding hydrogens is 406 g/mol. The molecule has 1 amide bonds. The number of benzene rings is 3. The van der Waals surface area contributed by atoms with Crippen LogP contribution >= 0.6 is 0 Å². The predicted octanol–water partition coefficient (Wildman–Crippen LogP) is 4.40. The molecule has 0 radical (unpaired) electrons. The van der Waals surface area contributed by atoms with Crippen LogP contribution in [0.1, 0.15) is 56.5 Å². The molecule has 0 unspecified atom stereocenters. The van der Waals surface area contributed by atoms with Gasteiger partial charge in [-0.15, -0.1) is 0 Å². The summed E-state index contributed by atoms with van der Waals surface area (Å²) in [5, 5.41) is 3.03. The maximum Gasteiger partial charge on any atom is 0.339 e. The van der Waals surface area contributed by atoms with Crippen molar-refractivity contribution in [3.8, 4) is 11.5 Å². The van der Waals surface area contributed by atoms with Crippen molar-refractivity contribution in [3.05, 3.63) is 94.5 Å². The molecule has 0 fully saturated rings. The average Bonchev–Trinajstić information content (AvgIpc) is 2.83. The first-order valence-electron chi connectivity index (χ1n) is 10.7. The molecule has 0 bridgehead atoms. The molecule has 5 rings (SSSR count). The van der Waals surface area contributed by atoms with E-state index in [2.05, 4.69) is 5.32 Å². The van der Waals surface area contributed by atoms with Crippen LogP contribution in [0.2, 0.25) is 0 Å². The maximum absolute atomic E-state index is 13.0. The van der Waals surface area contributed by atoms with Gasteiger partial charge in [0.05, 0.1) is 11.6 Å². The van der Waals surface area contributed by atoms with Gasteiger partial charge >= 0.3 is 5.97 Å². The van der Waals surface area contributed by atoms with E-state index in [0.29, 0.717) is 42.3 Å². The van der Waals surface area contributed by atoms with Crippen LogP contribution in [0.15, 0.2) is 66.7 Å². The van der Waals surface area contributed by atoms with Crippen molar-refractivity contribution in [3.63, 3.8) is 0 Å². The molecule has 2 atom stereocenters. The van der Waals surface area contributed by atoms with Crippen molar-refractivity contribution in [2.45, 2.75) is 25.5 Å². The van der Waals surface area contributed by atoms with Gasteiger partial charge in [-0.05, 0) is 53.9 Å². The Kier molecular flexibility index (Phi) is 5.27. The lowest BCUT2D eigenvalue weighted by molar-refractivity contribution is 0.0252. The van der Waals surface area contributed by atoms with E-state index in [0.717, 1.165) is 16.7 Å². The first kappa shape index (κ1) is 20.1. The predicted molar refractivity (Wildman–Crippen MR) is 118 cm³/mol. The summed E-state index contributed by atoms with van der Waals surface area (Å²) in [7, 11) is 0. The number of nitrogens with one attached hydrogen (secondary N) is 1. The van der Waals surface area contributed by atoms with E-state index in [-0.39, 0.29) is 24.0 Å². The first-order chi connectivity index (χ1) is 15.6. The van der Waals surface area contributed by atoms with E-state index in [1.807, 2.05) is 55.5 Å². The van der Waals surface area contributed by atoms with Gasteiger partial charge in [0.1, 0.15) is 19.3 Å². The highest BCUT2D eigenvalue weighted by Gasteiger charge is 2.28. The third-order valence-electron chi connectivity index (χ3n) is 5.83. The smallest absolute Gasteiger partial charge is 0.339 e. The van der Waals surface area contributed by atoms with Crippen LogP contribution in [-0.2, 0) is 11.2 Å². The van der Waals surface area contributed by atoms with Crippen LogP contribution in [0.5, 0.6) is 11.5 Å². The van der Waals surface area contributed by atoms with E-state index >= 15 is 0 Å².